The Labute approximate surface area is 126 Å². The van der Waals surface area contributed by atoms with Gasteiger partial charge in [-0.2, -0.15) is 0 Å². The fourth-order valence-electron chi connectivity index (χ4n) is 2.16. The highest BCUT2D eigenvalue weighted by Crippen LogP contribution is 2.23. The number of carbonyl (C=O) groups is 1. The first kappa shape index (κ1) is 14.1. The van der Waals surface area contributed by atoms with Crippen molar-refractivity contribution < 1.29 is 13.9 Å². The minimum absolute atomic E-state index is 0.109. The molecule has 1 amide bonds. The summed E-state index contributed by atoms with van der Waals surface area (Å²) >= 11 is 0. The highest BCUT2D eigenvalue weighted by atomic mass is 19.1. The third-order valence-corrected chi connectivity index (χ3v) is 3.33. The molecule has 0 radical (unpaired) electrons. The van der Waals surface area contributed by atoms with Crippen LogP contribution < -0.4 is 11.1 Å². The van der Waals surface area contributed by atoms with E-state index in [0.717, 1.165) is 5.56 Å². The highest BCUT2D eigenvalue weighted by Gasteiger charge is 2.18. The molecule has 1 aliphatic rings. The van der Waals surface area contributed by atoms with E-state index in [4.69, 9.17) is 10.5 Å². The summed E-state index contributed by atoms with van der Waals surface area (Å²) in [5.74, 6) is -0.668. The van der Waals surface area contributed by atoms with Gasteiger partial charge in [0.25, 0.3) is 11.9 Å². The molecule has 3 rings (SSSR count). The number of nitrogens with two attached hydrogens (primary N) is 1. The summed E-state index contributed by atoms with van der Waals surface area (Å²) in [5, 5.41) is 2.75. The van der Waals surface area contributed by atoms with Crippen molar-refractivity contribution >= 4 is 17.6 Å². The second-order valence-electron chi connectivity index (χ2n) is 4.88. The molecular weight excluding hydrogens is 285 g/mol. The van der Waals surface area contributed by atoms with Crippen LogP contribution in [0, 0.1) is 5.82 Å². The van der Waals surface area contributed by atoms with Crippen molar-refractivity contribution in [2.45, 2.75) is 6.04 Å². The van der Waals surface area contributed by atoms with Gasteiger partial charge in [-0.3, -0.25) is 4.79 Å². The molecule has 22 heavy (non-hydrogen) atoms. The molecule has 1 atom stereocenters. The van der Waals surface area contributed by atoms with Crippen molar-refractivity contribution in [3.05, 3.63) is 65.5 Å². The van der Waals surface area contributed by atoms with Gasteiger partial charge in [0.15, 0.2) is 0 Å². The van der Waals surface area contributed by atoms with Crippen LogP contribution in [0.2, 0.25) is 0 Å². The number of halogens is 1. The lowest BCUT2D eigenvalue weighted by atomic mass is 10.1. The largest absolute Gasteiger partial charge is 0.463 e. The molecule has 0 aliphatic carbocycles. The van der Waals surface area contributed by atoms with Gasteiger partial charge < -0.3 is 15.8 Å². The van der Waals surface area contributed by atoms with Gasteiger partial charge in [-0.1, -0.05) is 12.1 Å². The number of amides is 1. The van der Waals surface area contributed by atoms with Gasteiger partial charge in [-0.15, -0.1) is 0 Å². The van der Waals surface area contributed by atoms with Crippen LogP contribution in [0.3, 0.4) is 0 Å². The summed E-state index contributed by atoms with van der Waals surface area (Å²) in [6.07, 6.45) is 0. The van der Waals surface area contributed by atoms with Crippen molar-refractivity contribution in [2.75, 3.05) is 11.9 Å². The summed E-state index contributed by atoms with van der Waals surface area (Å²) in [6, 6.07) is 12.7. The predicted octanol–water partition coefficient (Wildman–Crippen LogP) is 2.46. The van der Waals surface area contributed by atoms with E-state index in [1.54, 1.807) is 12.1 Å². The van der Waals surface area contributed by atoms with E-state index in [1.165, 1.54) is 24.3 Å². The maximum Gasteiger partial charge on any atom is 0.282 e. The molecule has 2 aromatic rings. The molecule has 0 bridgehead atoms. The molecule has 6 heteroatoms. The number of nitrogens with one attached hydrogen (secondary N) is 1. The van der Waals surface area contributed by atoms with Crippen molar-refractivity contribution in [3.8, 4) is 0 Å². The summed E-state index contributed by atoms with van der Waals surface area (Å²) in [4.78, 5) is 16.2. The molecular formula is C16H14FN3O2. The van der Waals surface area contributed by atoms with Crippen LogP contribution in [0.25, 0.3) is 0 Å². The number of ether oxygens (including phenoxy) is 1. The van der Waals surface area contributed by atoms with Crippen molar-refractivity contribution in [1.82, 2.24) is 0 Å². The highest BCUT2D eigenvalue weighted by molar-refractivity contribution is 6.04. The molecule has 0 aromatic heterocycles. The smallest absolute Gasteiger partial charge is 0.282 e. The summed E-state index contributed by atoms with van der Waals surface area (Å²) in [6.45, 7) is 0.424. The lowest BCUT2D eigenvalue weighted by Gasteiger charge is -2.08. The van der Waals surface area contributed by atoms with Crippen LogP contribution >= 0.6 is 0 Å². The molecule has 3 N–H and O–H groups in total. The first-order valence-electron chi connectivity index (χ1n) is 6.75. The monoisotopic (exact) mass is 299 g/mol. The minimum Gasteiger partial charge on any atom is -0.463 e. The Morgan fingerprint density at radius 1 is 1.18 bits per heavy atom. The SMILES string of the molecule is NC1=N[C@H](c2ccc(NC(=O)c3ccc(F)cc3)cc2)CO1. The molecule has 5 nitrogen and oxygen atoms in total. The van der Waals surface area contributed by atoms with E-state index in [9.17, 15) is 9.18 Å². The van der Waals surface area contributed by atoms with Gasteiger partial charge in [0.1, 0.15) is 18.5 Å². The number of hydrogen-bond acceptors (Lipinski definition) is 4. The van der Waals surface area contributed by atoms with Crippen LogP contribution in [0.5, 0.6) is 0 Å². The van der Waals surface area contributed by atoms with Gasteiger partial charge in [0, 0.05) is 11.3 Å². The third-order valence-electron chi connectivity index (χ3n) is 3.33. The number of nitrogens with zero attached hydrogens (tertiary/aromatic N) is 1. The molecule has 1 heterocycles. The second kappa shape index (κ2) is 5.85. The van der Waals surface area contributed by atoms with Crippen LogP contribution in [0.4, 0.5) is 10.1 Å². The number of hydrogen-bond donors (Lipinski definition) is 2. The molecule has 0 spiro atoms. The van der Waals surface area contributed by atoms with Crippen LogP contribution in [-0.2, 0) is 4.74 Å². The predicted molar refractivity (Wildman–Crippen MR) is 81.1 cm³/mol. The molecule has 0 fully saturated rings. The van der Waals surface area contributed by atoms with E-state index >= 15 is 0 Å². The number of carbonyl (C=O) groups excluding carboxylic acids is 1. The van der Waals surface area contributed by atoms with E-state index in [-0.39, 0.29) is 23.8 Å². The molecule has 0 unspecified atom stereocenters. The Balaban J connectivity index is 1.68. The average molecular weight is 299 g/mol. The van der Waals surface area contributed by atoms with E-state index in [0.29, 0.717) is 17.9 Å². The molecule has 0 saturated carbocycles. The van der Waals surface area contributed by atoms with Crippen molar-refractivity contribution in [2.24, 2.45) is 10.7 Å². The Hall–Kier alpha value is -2.89. The summed E-state index contributed by atoms with van der Waals surface area (Å²) in [7, 11) is 0. The first-order chi connectivity index (χ1) is 10.6. The maximum absolute atomic E-state index is 12.8. The number of anilines is 1. The zero-order valence-corrected chi connectivity index (χ0v) is 11.6. The van der Waals surface area contributed by atoms with Crippen LogP contribution in [-0.4, -0.2) is 18.5 Å². The molecule has 0 saturated heterocycles. The normalized spacial score (nSPS) is 16.8. The number of aliphatic imine (C=N–C) groups is 1. The Morgan fingerprint density at radius 2 is 1.86 bits per heavy atom. The fourth-order valence-corrected chi connectivity index (χ4v) is 2.16. The maximum atomic E-state index is 12.8. The van der Waals surface area contributed by atoms with Gasteiger partial charge >= 0.3 is 0 Å². The molecule has 112 valence electrons. The molecule has 1 aliphatic heterocycles. The fraction of sp³-hybridized carbons (Fsp3) is 0.125. The van der Waals surface area contributed by atoms with Gasteiger partial charge in [0.2, 0.25) is 0 Å². The number of rotatable bonds is 3. The summed E-state index contributed by atoms with van der Waals surface area (Å²) < 4.78 is 17.9. The molecule has 2 aromatic carbocycles. The Kier molecular flexibility index (Phi) is 3.74. The lowest BCUT2D eigenvalue weighted by Crippen LogP contribution is -2.11. The zero-order valence-electron chi connectivity index (χ0n) is 11.6. The average Bonchev–Trinajstić information content (AvgIpc) is 2.95. The van der Waals surface area contributed by atoms with Crippen LogP contribution in [0.15, 0.2) is 53.5 Å². The number of amidine groups is 1. The van der Waals surface area contributed by atoms with Crippen molar-refractivity contribution in [3.63, 3.8) is 0 Å². The lowest BCUT2D eigenvalue weighted by molar-refractivity contribution is 0.102. The van der Waals surface area contributed by atoms with Gasteiger partial charge in [0.05, 0.1) is 0 Å². The number of benzene rings is 2. The van der Waals surface area contributed by atoms with E-state index in [1.807, 2.05) is 12.1 Å². The second-order valence-corrected chi connectivity index (χ2v) is 4.88. The first-order valence-corrected chi connectivity index (χ1v) is 6.75. The van der Waals surface area contributed by atoms with E-state index in [2.05, 4.69) is 10.3 Å². The van der Waals surface area contributed by atoms with Crippen LogP contribution in [0.1, 0.15) is 22.0 Å². The Morgan fingerprint density at radius 3 is 2.45 bits per heavy atom. The quantitative estimate of drug-likeness (QED) is 0.914. The summed E-state index contributed by atoms with van der Waals surface area (Å²) in [5.41, 5.74) is 7.48. The zero-order chi connectivity index (χ0) is 15.5. The third kappa shape index (κ3) is 3.06. The van der Waals surface area contributed by atoms with Gasteiger partial charge in [-0.05, 0) is 42.0 Å². The van der Waals surface area contributed by atoms with Gasteiger partial charge in [-0.25, -0.2) is 9.38 Å². The van der Waals surface area contributed by atoms with E-state index < -0.39 is 0 Å². The minimum atomic E-state index is -0.375. The Bertz CT molecular complexity index is 711. The topological polar surface area (TPSA) is 76.7 Å². The van der Waals surface area contributed by atoms with Crippen molar-refractivity contribution in [1.29, 1.82) is 0 Å². The standard InChI is InChI=1S/C16H14FN3O2/c17-12-5-1-11(2-6-12)15(21)19-13-7-3-10(4-8-13)14-9-22-16(18)20-14/h1-8,14H,9H2,(H2,18,20)(H,19,21)/t14-/m0/s1.